The van der Waals surface area contributed by atoms with E-state index in [2.05, 4.69) is 21.5 Å². The van der Waals surface area contributed by atoms with Gasteiger partial charge in [-0.25, -0.2) is 5.43 Å². The Labute approximate surface area is 140 Å². The van der Waals surface area contributed by atoms with Crippen molar-refractivity contribution in [2.45, 2.75) is 18.5 Å². The smallest absolute Gasteiger partial charge is 0.231 e. The van der Waals surface area contributed by atoms with Crippen LogP contribution in [0.4, 0.5) is 0 Å². The van der Waals surface area contributed by atoms with Crippen molar-refractivity contribution in [2.75, 3.05) is 26.4 Å². The number of halogens is 1. The summed E-state index contributed by atoms with van der Waals surface area (Å²) in [5.74, 6) is 1.89. The van der Waals surface area contributed by atoms with E-state index in [9.17, 15) is 4.79 Å². The van der Waals surface area contributed by atoms with Crippen molar-refractivity contribution in [3.63, 3.8) is 0 Å². The van der Waals surface area contributed by atoms with Crippen LogP contribution < -0.4 is 31.0 Å². The molecule has 2 saturated heterocycles. The number of fused-ring (bicyclic) bond motifs is 1. The number of hydrogen-bond donors (Lipinski definition) is 4. The second kappa shape index (κ2) is 6.92. The fourth-order valence-corrected chi connectivity index (χ4v) is 3.24. The molecule has 1 aromatic carbocycles. The highest BCUT2D eigenvalue weighted by Gasteiger charge is 2.33. The van der Waals surface area contributed by atoms with Crippen LogP contribution in [-0.2, 0) is 4.79 Å². The minimum absolute atomic E-state index is 0. The Balaban J connectivity index is 0.00000156. The van der Waals surface area contributed by atoms with Gasteiger partial charge in [0, 0.05) is 19.0 Å². The van der Waals surface area contributed by atoms with Crippen LogP contribution in [0.2, 0.25) is 0 Å². The van der Waals surface area contributed by atoms with Crippen molar-refractivity contribution in [1.82, 2.24) is 21.5 Å². The number of hydrazine groups is 1. The summed E-state index contributed by atoms with van der Waals surface area (Å²) in [6.07, 6.45) is 0.786. The van der Waals surface area contributed by atoms with E-state index in [-0.39, 0.29) is 43.1 Å². The van der Waals surface area contributed by atoms with Gasteiger partial charge in [-0.05, 0) is 30.7 Å². The molecule has 126 valence electrons. The van der Waals surface area contributed by atoms with Crippen molar-refractivity contribution in [1.29, 1.82) is 0 Å². The van der Waals surface area contributed by atoms with Gasteiger partial charge >= 0.3 is 0 Å². The molecule has 0 spiro atoms. The quantitative estimate of drug-likeness (QED) is 0.624. The van der Waals surface area contributed by atoms with Crippen LogP contribution in [0.3, 0.4) is 0 Å². The highest BCUT2D eigenvalue weighted by Crippen LogP contribution is 2.35. The summed E-state index contributed by atoms with van der Waals surface area (Å²) in [5, 5.41) is 6.33. The number of carbonyl (C=O) groups excluding carboxylic acids is 1. The van der Waals surface area contributed by atoms with Gasteiger partial charge in [0.25, 0.3) is 0 Å². The minimum Gasteiger partial charge on any atom is -0.454 e. The van der Waals surface area contributed by atoms with Gasteiger partial charge in [-0.15, -0.1) is 12.4 Å². The third-order valence-corrected chi connectivity index (χ3v) is 4.54. The zero-order chi connectivity index (χ0) is 14.9. The van der Waals surface area contributed by atoms with Gasteiger partial charge in [-0.2, -0.15) is 0 Å². The molecule has 4 N–H and O–H groups in total. The van der Waals surface area contributed by atoms with Crippen LogP contribution in [0.25, 0.3) is 0 Å². The average molecular weight is 341 g/mol. The van der Waals surface area contributed by atoms with E-state index >= 15 is 0 Å². The Morgan fingerprint density at radius 3 is 2.91 bits per heavy atom. The molecule has 23 heavy (non-hydrogen) atoms. The van der Waals surface area contributed by atoms with E-state index in [1.165, 1.54) is 0 Å². The first-order chi connectivity index (χ1) is 10.8. The zero-order valence-corrected chi connectivity index (χ0v) is 13.4. The van der Waals surface area contributed by atoms with Crippen molar-refractivity contribution in [3.05, 3.63) is 23.8 Å². The van der Waals surface area contributed by atoms with Gasteiger partial charge in [0.2, 0.25) is 12.7 Å². The second-order valence-corrected chi connectivity index (χ2v) is 5.92. The van der Waals surface area contributed by atoms with E-state index in [1.807, 2.05) is 18.2 Å². The highest BCUT2D eigenvalue weighted by molar-refractivity contribution is 5.85. The normalized spacial score (nSPS) is 28.4. The van der Waals surface area contributed by atoms with Gasteiger partial charge < -0.3 is 20.1 Å². The number of carbonyl (C=O) groups is 1. The molecule has 0 aliphatic carbocycles. The van der Waals surface area contributed by atoms with E-state index in [4.69, 9.17) is 9.47 Å². The van der Waals surface area contributed by atoms with E-state index in [0.29, 0.717) is 0 Å². The first kappa shape index (κ1) is 16.3. The maximum absolute atomic E-state index is 12.3. The van der Waals surface area contributed by atoms with Crippen molar-refractivity contribution in [3.8, 4) is 11.5 Å². The van der Waals surface area contributed by atoms with Gasteiger partial charge in [-0.3, -0.25) is 10.2 Å². The number of rotatable bonds is 3. The van der Waals surface area contributed by atoms with Gasteiger partial charge in [0.15, 0.2) is 11.5 Å². The molecular weight excluding hydrogens is 320 g/mol. The Bertz CT molecular complexity index is 580. The molecular formula is C15H21ClN4O3. The Morgan fingerprint density at radius 2 is 2.09 bits per heavy atom. The van der Waals surface area contributed by atoms with Crippen molar-refractivity contribution < 1.29 is 14.3 Å². The van der Waals surface area contributed by atoms with Crippen LogP contribution in [0.15, 0.2) is 18.2 Å². The standard InChI is InChI=1S/C15H20N4O3.ClH/c20-15(10-3-4-16-6-10)18-14-11(7-17-19-14)9-1-2-12-13(5-9)22-8-21-12;/h1-2,5,10-11,14,16-17,19H,3-4,6-8H2,(H,18,20);1H. The molecule has 0 aromatic heterocycles. The Morgan fingerprint density at radius 1 is 1.22 bits per heavy atom. The topological polar surface area (TPSA) is 83.7 Å². The van der Waals surface area contributed by atoms with E-state index in [1.54, 1.807) is 0 Å². The first-order valence-corrected chi connectivity index (χ1v) is 7.70. The van der Waals surface area contributed by atoms with Crippen LogP contribution in [0.5, 0.6) is 11.5 Å². The molecule has 1 amide bonds. The summed E-state index contributed by atoms with van der Waals surface area (Å²) in [7, 11) is 0. The minimum atomic E-state index is -0.117. The molecule has 3 unspecified atom stereocenters. The lowest BCUT2D eigenvalue weighted by Gasteiger charge is -2.22. The molecule has 8 heteroatoms. The van der Waals surface area contributed by atoms with Gasteiger partial charge in [0.1, 0.15) is 6.17 Å². The van der Waals surface area contributed by atoms with E-state index in [0.717, 1.165) is 43.1 Å². The molecule has 3 atom stereocenters. The molecule has 4 rings (SSSR count). The zero-order valence-electron chi connectivity index (χ0n) is 12.6. The summed E-state index contributed by atoms with van der Waals surface area (Å²) in [4.78, 5) is 12.3. The molecule has 2 fully saturated rings. The Hall–Kier alpha value is -1.54. The summed E-state index contributed by atoms with van der Waals surface area (Å²) in [6, 6.07) is 5.96. The number of benzene rings is 1. The van der Waals surface area contributed by atoms with Gasteiger partial charge in [0.05, 0.1) is 5.92 Å². The maximum atomic E-state index is 12.3. The summed E-state index contributed by atoms with van der Waals surface area (Å²) in [5.41, 5.74) is 7.41. The number of nitrogens with one attached hydrogen (secondary N) is 4. The van der Waals surface area contributed by atoms with E-state index < -0.39 is 0 Å². The SMILES string of the molecule is Cl.O=C(NC1NNCC1c1ccc2c(c1)OCO2)C1CCNC1. The average Bonchev–Trinajstić information content (AvgIpc) is 3.27. The monoisotopic (exact) mass is 340 g/mol. The van der Waals surface area contributed by atoms with Gasteiger partial charge in [-0.1, -0.05) is 6.07 Å². The third kappa shape index (κ3) is 3.23. The van der Waals surface area contributed by atoms with Crippen LogP contribution in [0.1, 0.15) is 17.9 Å². The second-order valence-electron chi connectivity index (χ2n) is 5.92. The molecule has 1 aromatic rings. The summed E-state index contributed by atoms with van der Waals surface area (Å²) in [6.45, 7) is 2.71. The number of hydrogen-bond acceptors (Lipinski definition) is 6. The molecule has 3 aliphatic rings. The third-order valence-electron chi connectivity index (χ3n) is 4.54. The molecule has 0 saturated carbocycles. The first-order valence-electron chi connectivity index (χ1n) is 7.70. The molecule has 3 heterocycles. The maximum Gasteiger partial charge on any atom is 0.231 e. The Kier molecular flexibility index (Phi) is 4.91. The predicted molar refractivity (Wildman–Crippen MR) is 86.6 cm³/mol. The van der Waals surface area contributed by atoms with Crippen LogP contribution >= 0.6 is 12.4 Å². The fourth-order valence-electron chi connectivity index (χ4n) is 3.24. The highest BCUT2D eigenvalue weighted by atomic mass is 35.5. The lowest BCUT2D eigenvalue weighted by Crippen LogP contribution is -2.48. The van der Waals surface area contributed by atoms with Crippen molar-refractivity contribution in [2.24, 2.45) is 5.92 Å². The van der Waals surface area contributed by atoms with Crippen molar-refractivity contribution >= 4 is 18.3 Å². The number of ether oxygens (including phenoxy) is 2. The lowest BCUT2D eigenvalue weighted by molar-refractivity contribution is -0.125. The molecule has 0 radical (unpaired) electrons. The summed E-state index contributed by atoms with van der Waals surface area (Å²) < 4.78 is 10.8. The molecule has 0 bridgehead atoms. The van der Waals surface area contributed by atoms with Crippen LogP contribution in [-0.4, -0.2) is 38.5 Å². The number of amides is 1. The van der Waals surface area contributed by atoms with Crippen LogP contribution in [0, 0.1) is 5.92 Å². The molecule has 3 aliphatic heterocycles. The predicted octanol–water partition coefficient (Wildman–Crippen LogP) is 0.0803. The fraction of sp³-hybridized carbons (Fsp3) is 0.533. The molecule has 7 nitrogen and oxygen atoms in total. The lowest BCUT2D eigenvalue weighted by atomic mass is 9.96. The summed E-state index contributed by atoms with van der Waals surface area (Å²) >= 11 is 0. The largest absolute Gasteiger partial charge is 0.454 e.